The molecule has 0 aliphatic carbocycles. The van der Waals surface area contributed by atoms with E-state index in [-0.39, 0.29) is 0 Å². The van der Waals surface area contributed by atoms with Gasteiger partial charge in [-0.25, -0.2) is 0 Å². The molecular weight excluding hydrogens is 356 g/mol. The summed E-state index contributed by atoms with van der Waals surface area (Å²) in [5.41, 5.74) is 4.70. The van der Waals surface area contributed by atoms with Crippen LogP contribution < -0.4 is 10.6 Å². The summed E-state index contributed by atoms with van der Waals surface area (Å²) in [5, 5.41) is 8.03. The normalized spacial score (nSPS) is 10.5. The van der Waals surface area contributed by atoms with Crippen molar-refractivity contribution in [3.63, 3.8) is 0 Å². The Kier molecular flexibility index (Phi) is 7.89. The van der Waals surface area contributed by atoms with Crippen molar-refractivity contribution in [2.75, 3.05) is 17.6 Å². The lowest BCUT2D eigenvalue weighted by atomic mass is 10.1. The first kappa shape index (κ1) is 19.1. The molecule has 2 nitrogen and oxygen atoms in total. The van der Waals surface area contributed by atoms with Gasteiger partial charge in [-0.15, -0.1) is 0 Å². The van der Waals surface area contributed by atoms with E-state index in [1.165, 1.54) is 16.7 Å². The predicted octanol–water partition coefficient (Wildman–Crippen LogP) is 5.57. The molecule has 5 heteroatoms. The summed E-state index contributed by atoms with van der Waals surface area (Å²) < 4.78 is 0. The van der Waals surface area contributed by atoms with Gasteiger partial charge in [0.15, 0.2) is 5.11 Å². The summed E-state index contributed by atoms with van der Waals surface area (Å²) in [6.07, 6.45) is 1.06. The van der Waals surface area contributed by atoms with E-state index >= 15 is 0 Å². The first-order valence-corrected chi connectivity index (χ1v) is 9.93. The summed E-state index contributed by atoms with van der Waals surface area (Å²) in [5.74, 6) is 2.02. The van der Waals surface area contributed by atoms with Crippen LogP contribution in [0.4, 0.5) is 5.69 Å². The lowest BCUT2D eigenvalue weighted by molar-refractivity contribution is 0.854. The van der Waals surface area contributed by atoms with Gasteiger partial charge in [0, 0.05) is 23.0 Å². The van der Waals surface area contributed by atoms with E-state index in [0.717, 1.165) is 35.2 Å². The van der Waals surface area contributed by atoms with E-state index in [1.807, 2.05) is 30.0 Å². The fourth-order valence-corrected chi connectivity index (χ4v) is 3.86. The third-order valence-corrected chi connectivity index (χ3v) is 5.15. The van der Waals surface area contributed by atoms with Crippen molar-refractivity contribution in [2.45, 2.75) is 26.0 Å². The molecule has 2 N–H and O–H groups in total. The molecule has 0 aliphatic rings. The average molecular weight is 379 g/mol. The van der Waals surface area contributed by atoms with Crippen molar-refractivity contribution in [3.05, 3.63) is 64.2 Å². The van der Waals surface area contributed by atoms with Gasteiger partial charge >= 0.3 is 0 Å². The SMILES string of the molecule is Cc1cc(C)cc(NC(=S)NCCCSCc2ccccc2Cl)c1. The van der Waals surface area contributed by atoms with Gasteiger partial charge in [0.1, 0.15) is 0 Å². The Morgan fingerprint density at radius 1 is 1.12 bits per heavy atom. The van der Waals surface area contributed by atoms with E-state index in [1.54, 1.807) is 0 Å². The highest BCUT2D eigenvalue weighted by atomic mass is 35.5. The molecular formula is C19H23ClN2S2. The fraction of sp³-hybridized carbons (Fsp3) is 0.316. The largest absolute Gasteiger partial charge is 0.362 e. The molecule has 0 atom stereocenters. The topological polar surface area (TPSA) is 24.1 Å². The average Bonchev–Trinajstić information content (AvgIpc) is 2.51. The van der Waals surface area contributed by atoms with Crippen molar-refractivity contribution < 1.29 is 0 Å². The minimum atomic E-state index is 0.677. The molecule has 0 amide bonds. The van der Waals surface area contributed by atoms with Crippen LogP contribution in [0, 0.1) is 13.8 Å². The zero-order valence-electron chi connectivity index (χ0n) is 14.1. The van der Waals surface area contributed by atoms with Gasteiger partial charge in [0.05, 0.1) is 0 Å². The minimum Gasteiger partial charge on any atom is -0.362 e. The summed E-state index contributed by atoms with van der Waals surface area (Å²) in [4.78, 5) is 0. The van der Waals surface area contributed by atoms with E-state index in [9.17, 15) is 0 Å². The molecule has 0 radical (unpaired) electrons. The first-order chi connectivity index (χ1) is 11.5. The van der Waals surface area contributed by atoms with Gasteiger partial charge in [-0.05, 0) is 73.1 Å². The number of halogens is 1. The Morgan fingerprint density at radius 3 is 2.54 bits per heavy atom. The van der Waals surface area contributed by atoms with Crippen LogP contribution in [0.2, 0.25) is 5.02 Å². The molecule has 0 unspecified atom stereocenters. The molecule has 2 aromatic rings. The van der Waals surface area contributed by atoms with Crippen molar-refractivity contribution >= 4 is 46.4 Å². The summed E-state index contributed by atoms with van der Waals surface area (Å²) in [6.45, 7) is 5.04. The molecule has 24 heavy (non-hydrogen) atoms. The maximum atomic E-state index is 6.15. The summed E-state index contributed by atoms with van der Waals surface area (Å²) in [6, 6.07) is 14.4. The predicted molar refractivity (Wildman–Crippen MR) is 112 cm³/mol. The second-order valence-electron chi connectivity index (χ2n) is 5.75. The van der Waals surface area contributed by atoms with E-state index in [4.69, 9.17) is 23.8 Å². The lowest BCUT2D eigenvalue weighted by Crippen LogP contribution is -2.29. The summed E-state index contributed by atoms with van der Waals surface area (Å²) in [7, 11) is 0. The Balaban J connectivity index is 1.62. The number of hydrogen-bond acceptors (Lipinski definition) is 2. The molecule has 128 valence electrons. The molecule has 0 fully saturated rings. The Bertz CT molecular complexity index is 669. The molecule has 2 rings (SSSR count). The van der Waals surface area contributed by atoms with Crippen molar-refractivity contribution in [2.24, 2.45) is 0 Å². The van der Waals surface area contributed by atoms with Crippen molar-refractivity contribution in [1.82, 2.24) is 5.32 Å². The highest BCUT2D eigenvalue weighted by molar-refractivity contribution is 7.98. The number of nitrogens with one attached hydrogen (secondary N) is 2. The van der Waals surface area contributed by atoms with Crippen LogP contribution in [0.3, 0.4) is 0 Å². The number of aryl methyl sites for hydroxylation is 2. The lowest BCUT2D eigenvalue weighted by Gasteiger charge is -2.12. The zero-order chi connectivity index (χ0) is 17.4. The number of thioether (sulfide) groups is 1. The highest BCUT2D eigenvalue weighted by Gasteiger charge is 2.01. The van der Waals surface area contributed by atoms with Gasteiger partial charge < -0.3 is 10.6 Å². The number of hydrogen-bond donors (Lipinski definition) is 2. The molecule has 0 spiro atoms. The first-order valence-electron chi connectivity index (χ1n) is 7.99. The molecule has 0 saturated carbocycles. The third-order valence-electron chi connectivity index (χ3n) is 3.45. The number of anilines is 1. The quantitative estimate of drug-likeness (QED) is 0.486. The van der Waals surface area contributed by atoms with Gasteiger partial charge in [0.25, 0.3) is 0 Å². The Labute approximate surface area is 159 Å². The zero-order valence-corrected chi connectivity index (χ0v) is 16.5. The Hall–Kier alpha value is -1.23. The molecule has 0 heterocycles. The second-order valence-corrected chi connectivity index (χ2v) is 7.68. The van der Waals surface area contributed by atoms with Crippen LogP contribution in [0.5, 0.6) is 0 Å². The monoisotopic (exact) mass is 378 g/mol. The van der Waals surface area contributed by atoms with Gasteiger partial charge in [0.2, 0.25) is 0 Å². The van der Waals surface area contributed by atoms with Crippen LogP contribution in [0.1, 0.15) is 23.1 Å². The van der Waals surface area contributed by atoms with Crippen LogP contribution in [0.15, 0.2) is 42.5 Å². The number of thiocarbonyl (C=S) groups is 1. The Morgan fingerprint density at radius 2 is 1.83 bits per heavy atom. The van der Waals surface area contributed by atoms with E-state index in [0.29, 0.717) is 5.11 Å². The molecule has 0 saturated heterocycles. The molecule has 2 aromatic carbocycles. The van der Waals surface area contributed by atoms with E-state index in [2.05, 4.69) is 48.7 Å². The molecule has 0 aromatic heterocycles. The van der Waals surface area contributed by atoms with Crippen LogP contribution in [-0.2, 0) is 5.75 Å². The van der Waals surface area contributed by atoms with Crippen LogP contribution in [0.25, 0.3) is 0 Å². The highest BCUT2D eigenvalue weighted by Crippen LogP contribution is 2.20. The standard InChI is InChI=1S/C19H23ClN2S2/c1-14-10-15(2)12-17(11-14)22-19(23)21-8-5-9-24-13-16-6-3-4-7-18(16)20/h3-4,6-7,10-12H,5,8-9,13H2,1-2H3,(H2,21,22,23). The van der Waals surface area contributed by atoms with Gasteiger partial charge in [-0.3, -0.25) is 0 Å². The van der Waals surface area contributed by atoms with Crippen LogP contribution in [-0.4, -0.2) is 17.4 Å². The molecule has 0 aliphatic heterocycles. The van der Waals surface area contributed by atoms with E-state index < -0.39 is 0 Å². The van der Waals surface area contributed by atoms with Gasteiger partial charge in [-0.2, -0.15) is 11.8 Å². The minimum absolute atomic E-state index is 0.677. The maximum absolute atomic E-state index is 6.15. The maximum Gasteiger partial charge on any atom is 0.170 e. The van der Waals surface area contributed by atoms with Crippen molar-refractivity contribution in [3.8, 4) is 0 Å². The number of benzene rings is 2. The smallest absolute Gasteiger partial charge is 0.170 e. The van der Waals surface area contributed by atoms with Crippen molar-refractivity contribution in [1.29, 1.82) is 0 Å². The second kappa shape index (κ2) is 9.92. The third kappa shape index (κ3) is 6.71. The fourth-order valence-electron chi connectivity index (χ4n) is 2.40. The molecule has 0 bridgehead atoms. The van der Waals surface area contributed by atoms with Gasteiger partial charge in [-0.1, -0.05) is 35.9 Å². The number of rotatable bonds is 7. The summed E-state index contributed by atoms with van der Waals surface area (Å²) >= 11 is 13.4. The van der Waals surface area contributed by atoms with Crippen LogP contribution >= 0.6 is 35.6 Å².